The molecule has 3 rings (SSSR count). The molecule has 5 heteroatoms. The third-order valence-electron chi connectivity index (χ3n) is 4.79. The number of hydrogen-bond acceptors (Lipinski definition) is 2. The number of carbonyl (C=O) groups excluding carboxylic acids is 1. The summed E-state index contributed by atoms with van der Waals surface area (Å²) in [6.45, 7) is 2.97. The molecule has 2 fully saturated rings. The van der Waals surface area contributed by atoms with Crippen molar-refractivity contribution in [1.82, 2.24) is 9.80 Å². The van der Waals surface area contributed by atoms with Crippen molar-refractivity contribution in [2.45, 2.75) is 25.3 Å². The monoisotopic (exact) mass is 414 g/mol. The van der Waals surface area contributed by atoms with Crippen LogP contribution in [0.3, 0.4) is 0 Å². The van der Waals surface area contributed by atoms with E-state index in [4.69, 9.17) is 0 Å². The van der Waals surface area contributed by atoms with E-state index in [1.54, 1.807) is 0 Å². The molecule has 0 bridgehead atoms. The van der Waals surface area contributed by atoms with E-state index in [0.717, 1.165) is 34.0 Å². The normalized spacial score (nSPS) is 26.5. The first-order chi connectivity index (χ1) is 10.1. The Morgan fingerprint density at radius 3 is 2.81 bits per heavy atom. The molecular weight excluding hydrogens is 396 g/mol. The molecule has 2 saturated heterocycles. The maximum atomic E-state index is 12.8. The summed E-state index contributed by atoms with van der Waals surface area (Å²) >= 11 is 6.94. The van der Waals surface area contributed by atoms with Crippen molar-refractivity contribution in [2.24, 2.45) is 5.92 Å². The van der Waals surface area contributed by atoms with Crippen molar-refractivity contribution in [1.29, 1.82) is 0 Å². The Morgan fingerprint density at radius 2 is 2.05 bits per heavy atom. The lowest BCUT2D eigenvalue weighted by atomic mass is 9.84. The fourth-order valence-corrected chi connectivity index (χ4v) is 4.89. The largest absolute Gasteiger partial charge is 0.338 e. The number of halogens is 2. The zero-order chi connectivity index (χ0) is 15.0. The number of carbonyl (C=O) groups is 1. The average Bonchev–Trinajstić information content (AvgIpc) is 2.46. The SMILES string of the molecule is CN1CCCC2CN(C(=O)c3ccc(Br)cc3Br)CCC21. The standard InChI is InChI=1S/C16H20Br2N2O/c1-19-7-2-3-11-10-20(8-6-15(11)19)16(21)13-5-4-12(17)9-14(13)18/h4-5,9,11,15H,2-3,6-8,10H2,1H3. The Labute approximate surface area is 142 Å². The molecule has 0 saturated carbocycles. The molecule has 1 aromatic rings. The molecule has 114 valence electrons. The van der Waals surface area contributed by atoms with Crippen molar-refractivity contribution in [2.75, 3.05) is 26.7 Å². The van der Waals surface area contributed by atoms with Gasteiger partial charge in [0.15, 0.2) is 0 Å². The molecule has 1 aromatic carbocycles. The van der Waals surface area contributed by atoms with Gasteiger partial charge in [0.1, 0.15) is 0 Å². The van der Waals surface area contributed by atoms with Crippen LogP contribution >= 0.6 is 31.9 Å². The minimum atomic E-state index is 0.154. The fourth-order valence-electron chi connectivity index (χ4n) is 3.67. The smallest absolute Gasteiger partial charge is 0.255 e. The Bertz CT molecular complexity index is 549. The summed E-state index contributed by atoms with van der Waals surface area (Å²) in [5, 5.41) is 0. The van der Waals surface area contributed by atoms with Crippen LogP contribution in [0, 0.1) is 5.92 Å². The van der Waals surface area contributed by atoms with Gasteiger partial charge in [-0.05, 0) is 72.9 Å². The Morgan fingerprint density at radius 1 is 1.24 bits per heavy atom. The lowest BCUT2D eigenvalue weighted by Gasteiger charge is -2.46. The summed E-state index contributed by atoms with van der Waals surface area (Å²) in [7, 11) is 2.22. The zero-order valence-electron chi connectivity index (χ0n) is 12.2. The number of fused-ring (bicyclic) bond motifs is 1. The van der Waals surface area contributed by atoms with Gasteiger partial charge in [0.05, 0.1) is 5.56 Å². The van der Waals surface area contributed by atoms with E-state index in [0.29, 0.717) is 12.0 Å². The maximum Gasteiger partial charge on any atom is 0.255 e. The number of rotatable bonds is 1. The third kappa shape index (κ3) is 3.20. The molecule has 2 heterocycles. The second-order valence-corrected chi connectivity index (χ2v) is 7.88. The Kier molecular flexibility index (Phi) is 4.71. The van der Waals surface area contributed by atoms with E-state index in [1.165, 1.54) is 19.4 Å². The highest BCUT2D eigenvalue weighted by Gasteiger charge is 2.36. The van der Waals surface area contributed by atoms with E-state index < -0.39 is 0 Å². The molecule has 0 spiro atoms. The van der Waals surface area contributed by atoms with Crippen molar-refractivity contribution in [3.63, 3.8) is 0 Å². The van der Waals surface area contributed by atoms with E-state index >= 15 is 0 Å². The van der Waals surface area contributed by atoms with E-state index in [9.17, 15) is 4.79 Å². The first-order valence-corrected chi connectivity index (χ1v) is 9.09. The summed E-state index contributed by atoms with van der Waals surface area (Å²) < 4.78 is 1.85. The average molecular weight is 416 g/mol. The minimum absolute atomic E-state index is 0.154. The second-order valence-electron chi connectivity index (χ2n) is 6.11. The van der Waals surface area contributed by atoms with Gasteiger partial charge in [-0.2, -0.15) is 0 Å². The van der Waals surface area contributed by atoms with E-state index in [2.05, 4.69) is 43.8 Å². The van der Waals surface area contributed by atoms with E-state index in [1.807, 2.05) is 23.1 Å². The van der Waals surface area contributed by atoms with Crippen LogP contribution < -0.4 is 0 Å². The topological polar surface area (TPSA) is 23.6 Å². The van der Waals surface area contributed by atoms with Gasteiger partial charge in [-0.15, -0.1) is 0 Å². The highest BCUT2D eigenvalue weighted by atomic mass is 79.9. The summed E-state index contributed by atoms with van der Waals surface area (Å²) in [6.07, 6.45) is 3.60. The molecule has 1 amide bonds. The molecule has 2 aliphatic heterocycles. The molecule has 0 radical (unpaired) electrons. The quantitative estimate of drug-likeness (QED) is 0.696. The minimum Gasteiger partial charge on any atom is -0.338 e. The molecule has 3 nitrogen and oxygen atoms in total. The number of likely N-dealkylation sites (tertiary alicyclic amines) is 2. The Hall–Kier alpha value is -0.390. The van der Waals surface area contributed by atoms with Gasteiger partial charge in [-0.25, -0.2) is 0 Å². The molecule has 0 aromatic heterocycles. The number of benzene rings is 1. The number of hydrogen-bond donors (Lipinski definition) is 0. The van der Waals surface area contributed by atoms with Crippen molar-refractivity contribution in [3.05, 3.63) is 32.7 Å². The van der Waals surface area contributed by atoms with Crippen molar-refractivity contribution in [3.8, 4) is 0 Å². The van der Waals surface area contributed by atoms with Gasteiger partial charge >= 0.3 is 0 Å². The van der Waals surface area contributed by atoms with Crippen LogP contribution in [-0.2, 0) is 0 Å². The van der Waals surface area contributed by atoms with Crippen molar-refractivity contribution >= 4 is 37.8 Å². The molecule has 2 unspecified atom stereocenters. The van der Waals surface area contributed by atoms with Gasteiger partial charge in [0, 0.05) is 28.1 Å². The summed E-state index contributed by atoms with van der Waals surface area (Å²) in [5.41, 5.74) is 0.765. The summed E-state index contributed by atoms with van der Waals surface area (Å²) in [6, 6.07) is 6.43. The number of amides is 1. The first kappa shape index (κ1) is 15.5. The van der Waals surface area contributed by atoms with Crippen LogP contribution in [-0.4, -0.2) is 48.4 Å². The number of nitrogens with zero attached hydrogens (tertiary/aromatic N) is 2. The molecule has 2 aliphatic rings. The first-order valence-electron chi connectivity index (χ1n) is 7.51. The van der Waals surface area contributed by atoms with Gasteiger partial charge in [-0.1, -0.05) is 15.9 Å². The molecule has 2 atom stereocenters. The molecular formula is C16H20Br2N2O. The van der Waals surface area contributed by atoms with Gasteiger partial charge in [0.2, 0.25) is 0 Å². The van der Waals surface area contributed by atoms with Crippen LogP contribution in [0.4, 0.5) is 0 Å². The lowest BCUT2D eigenvalue weighted by molar-refractivity contribution is 0.0316. The summed E-state index contributed by atoms with van der Waals surface area (Å²) in [5.74, 6) is 0.789. The highest BCUT2D eigenvalue weighted by Crippen LogP contribution is 2.31. The second kappa shape index (κ2) is 6.39. The van der Waals surface area contributed by atoms with Crippen LogP contribution in [0.25, 0.3) is 0 Å². The third-order valence-corrected chi connectivity index (χ3v) is 5.94. The summed E-state index contributed by atoms with van der Waals surface area (Å²) in [4.78, 5) is 17.3. The molecule has 0 aliphatic carbocycles. The Balaban J connectivity index is 1.74. The predicted molar refractivity (Wildman–Crippen MR) is 91.5 cm³/mol. The van der Waals surface area contributed by atoms with E-state index in [-0.39, 0.29) is 5.91 Å². The predicted octanol–water partition coefficient (Wildman–Crippen LogP) is 3.77. The molecule has 21 heavy (non-hydrogen) atoms. The van der Waals surface area contributed by atoms with Crippen molar-refractivity contribution < 1.29 is 4.79 Å². The van der Waals surface area contributed by atoms with Crippen LogP contribution in [0.2, 0.25) is 0 Å². The van der Waals surface area contributed by atoms with Crippen LogP contribution in [0.5, 0.6) is 0 Å². The highest BCUT2D eigenvalue weighted by molar-refractivity contribution is 9.11. The number of piperidine rings is 2. The fraction of sp³-hybridized carbons (Fsp3) is 0.562. The maximum absolute atomic E-state index is 12.8. The zero-order valence-corrected chi connectivity index (χ0v) is 15.4. The van der Waals surface area contributed by atoms with Gasteiger partial charge in [0.25, 0.3) is 5.91 Å². The van der Waals surface area contributed by atoms with Crippen LogP contribution in [0.1, 0.15) is 29.6 Å². The lowest BCUT2D eigenvalue weighted by Crippen LogP contribution is -2.53. The van der Waals surface area contributed by atoms with Crippen LogP contribution in [0.15, 0.2) is 27.1 Å². The molecule has 0 N–H and O–H groups in total. The van der Waals surface area contributed by atoms with Gasteiger partial charge < -0.3 is 9.80 Å². The van der Waals surface area contributed by atoms with Gasteiger partial charge in [-0.3, -0.25) is 4.79 Å².